The SMILES string of the molecule is CC1(C)c2ccccc2-c2ccc(N(c3ccc(-c4ccccc4)cc3)c3ccc4c5c(cccc35)-c3ccccc3-c3ccncc3-4)cc21. The number of anilines is 3. The molecule has 0 spiro atoms. The summed E-state index contributed by atoms with van der Waals surface area (Å²) in [6.45, 7) is 4.71. The molecule has 10 rings (SSSR count). The van der Waals surface area contributed by atoms with Gasteiger partial charge in [-0.05, 0) is 103 Å². The Morgan fingerprint density at radius 2 is 1.04 bits per heavy atom. The summed E-state index contributed by atoms with van der Waals surface area (Å²) in [5.74, 6) is 0. The minimum atomic E-state index is -0.108. The van der Waals surface area contributed by atoms with Crippen LogP contribution < -0.4 is 4.90 Å². The normalized spacial score (nSPS) is 13.2. The van der Waals surface area contributed by atoms with Crippen LogP contribution in [0.15, 0.2) is 170 Å². The summed E-state index contributed by atoms with van der Waals surface area (Å²) in [5, 5.41) is 2.46. The van der Waals surface area contributed by atoms with Gasteiger partial charge in [0.2, 0.25) is 0 Å². The first-order chi connectivity index (χ1) is 24.6. The summed E-state index contributed by atoms with van der Waals surface area (Å²) >= 11 is 0. The molecule has 2 aliphatic carbocycles. The smallest absolute Gasteiger partial charge is 0.0540 e. The van der Waals surface area contributed by atoms with Crippen LogP contribution in [0.4, 0.5) is 17.1 Å². The minimum absolute atomic E-state index is 0.108. The predicted molar refractivity (Wildman–Crippen MR) is 209 cm³/mol. The maximum Gasteiger partial charge on any atom is 0.0540 e. The summed E-state index contributed by atoms with van der Waals surface area (Å²) in [6, 6.07) is 57.9. The van der Waals surface area contributed by atoms with Gasteiger partial charge in [0.25, 0.3) is 0 Å². The zero-order valence-electron chi connectivity index (χ0n) is 28.1. The topological polar surface area (TPSA) is 16.1 Å². The molecule has 0 atom stereocenters. The number of nitrogens with zero attached hydrogens (tertiary/aromatic N) is 2. The average molecular weight is 639 g/mol. The van der Waals surface area contributed by atoms with Crippen LogP contribution in [0, 0.1) is 0 Å². The fourth-order valence-electron chi connectivity index (χ4n) is 8.52. The van der Waals surface area contributed by atoms with E-state index in [9.17, 15) is 0 Å². The lowest BCUT2D eigenvalue weighted by Gasteiger charge is -2.30. The van der Waals surface area contributed by atoms with Crippen molar-refractivity contribution in [1.29, 1.82) is 0 Å². The number of benzene rings is 7. The highest BCUT2D eigenvalue weighted by Crippen LogP contribution is 2.53. The van der Waals surface area contributed by atoms with Gasteiger partial charge in [0.15, 0.2) is 0 Å². The van der Waals surface area contributed by atoms with Crippen LogP contribution in [0.5, 0.6) is 0 Å². The lowest BCUT2D eigenvalue weighted by Crippen LogP contribution is -2.16. The molecule has 2 aliphatic rings. The van der Waals surface area contributed by atoms with Crippen molar-refractivity contribution in [2.75, 3.05) is 4.90 Å². The summed E-state index contributed by atoms with van der Waals surface area (Å²) in [5.41, 5.74) is 18.4. The van der Waals surface area contributed by atoms with Crippen molar-refractivity contribution >= 4 is 27.8 Å². The fourth-order valence-corrected chi connectivity index (χ4v) is 8.52. The summed E-state index contributed by atoms with van der Waals surface area (Å²) in [4.78, 5) is 7.07. The quantitative estimate of drug-likeness (QED) is 0.191. The third-order valence-electron chi connectivity index (χ3n) is 10.9. The second kappa shape index (κ2) is 10.9. The molecule has 8 aromatic rings. The number of hydrogen-bond donors (Lipinski definition) is 0. The molecule has 50 heavy (non-hydrogen) atoms. The molecule has 7 aromatic carbocycles. The third-order valence-corrected chi connectivity index (χ3v) is 10.9. The highest BCUT2D eigenvalue weighted by atomic mass is 15.1. The third kappa shape index (κ3) is 4.18. The Bertz CT molecular complexity index is 2560. The zero-order chi connectivity index (χ0) is 33.4. The number of fused-ring (bicyclic) bond motifs is 8. The molecule has 2 nitrogen and oxygen atoms in total. The van der Waals surface area contributed by atoms with E-state index in [2.05, 4.69) is 181 Å². The van der Waals surface area contributed by atoms with E-state index < -0.39 is 0 Å². The molecule has 0 fully saturated rings. The average Bonchev–Trinajstić information content (AvgIpc) is 3.32. The van der Waals surface area contributed by atoms with Crippen molar-refractivity contribution in [2.45, 2.75) is 19.3 Å². The van der Waals surface area contributed by atoms with E-state index in [0.717, 1.165) is 22.6 Å². The van der Waals surface area contributed by atoms with E-state index in [1.165, 1.54) is 72.0 Å². The van der Waals surface area contributed by atoms with E-state index in [-0.39, 0.29) is 5.41 Å². The van der Waals surface area contributed by atoms with E-state index >= 15 is 0 Å². The van der Waals surface area contributed by atoms with Crippen molar-refractivity contribution < 1.29 is 0 Å². The largest absolute Gasteiger partial charge is 0.310 e. The molecule has 2 heteroatoms. The molecule has 236 valence electrons. The number of rotatable bonds is 4. The van der Waals surface area contributed by atoms with Crippen molar-refractivity contribution in [3.63, 3.8) is 0 Å². The van der Waals surface area contributed by atoms with Gasteiger partial charge in [-0.2, -0.15) is 0 Å². The van der Waals surface area contributed by atoms with E-state index in [1.54, 1.807) is 0 Å². The van der Waals surface area contributed by atoms with Gasteiger partial charge in [-0.1, -0.05) is 135 Å². The van der Waals surface area contributed by atoms with Crippen LogP contribution in [-0.2, 0) is 5.41 Å². The molecule has 0 aliphatic heterocycles. The standard InChI is InChI=1S/C48H34N2/c1-48(2)44-18-9-8-15-38(44)39-24-23-34(29-45(39)48)50(33-21-19-32(20-22-33)31-11-4-3-5-12-31)46-26-25-41-43-30-49-28-27-37(43)35-13-6-7-14-36(35)40-16-10-17-42(46)47(40)41/h3-30H,1-2H3. The lowest BCUT2D eigenvalue weighted by atomic mass is 9.82. The first-order valence-electron chi connectivity index (χ1n) is 17.4. The van der Waals surface area contributed by atoms with Crippen LogP contribution in [0.3, 0.4) is 0 Å². The Hall–Kier alpha value is -6.25. The Morgan fingerprint density at radius 1 is 0.440 bits per heavy atom. The minimum Gasteiger partial charge on any atom is -0.310 e. The molecule has 1 aromatic heterocycles. The molecule has 0 amide bonds. The number of hydrogen-bond acceptors (Lipinski definition) is 2. The molecule has 0 unspecified atom stereocenters. The predicted octanol–water partition coefficient (Wildman–Crippen LogP) is 13.0. The maximum absolute atomic E-state index is 4.61. The monoisotopic (exact) mass is 638 g/mol. The summed E-state index contributed by atoms with van der Waals surface area (Å²) < 4.78 is 0. The van der Waals surface area contributed by atoms with Crippen LogP contribution in [0.1, 0.15) is 25.0 Å². The molecule has 1 heterocycles. The highest BCUT2D eigenvalue weighted by molar-refractivity contribution is 6.17. The first kappa shape index (κ1) is 28.7. The van der Waals surface area contributed by atoms with Crippen LogP contribution in [0.25, 0.3) is 66.4 Å². The van der Waals surface area contributed by atoms with Crippen molar-refractivity contribution in [3.05, 3.63) is 181 Å². The van der Waals surface area contributed by atoms with Gasteiger partial charge < -0.3 is 4.90 Å². The van der Waals surface area contributed by atoms with Crippen LogP contribution in [-0.4, -0.2) is 4.98 Å². The molecule has 0 saturated heterocycles. The molecule has 0 bridgehead atoms. The Balaban J connectivity index is 1.23. The van der Waals surface area contributed by atoms with Gasteiger partial charge >= 0.3 is 0 Å². The van der Waals surface area contributed by atoms with Gasteiger partial charge in [-0.3, -0.25) is 4.98 Å². The first-order valence-corrected chi connectivity index (χ1v) is 17.4. The Kier molecular flexibility index (Phi) is 6.25. The van der Waals surface area contributed by atoms with Crippen molar-refractivity contribution in [1.82, 2.24) is 4.98 Å². The highest BCUT2D eigenvalue weighted by Gasteiger charge is 2.36. The van der Waals surface area contributed by atoms with Gasteiger partial charge in [0.1, 0.15) is 0 Å². The molecule has 0 N–H and O–H groups in total. The van der Waals surface area contributed by atoms with Crippen LogP contribution in [0.2, 0.25) is 0 Å². The second-order valence-electron chi connectivity index (χ2n) is 14.0. The Labute approximate surface area is 293 Å². The van der Waals surface area contributed by atoms with Gasteiger partial charge in [-0.15, -0.1) is 0 Å². The van der Waals surface area contributed by atoms with Crippen LogP contribution >= 0.6 is 0 Å². The van der Waals surface area contributed by atoms with Crippen molar-refractivity contribution in [3.8, 4) is 55.6 Å². The second-order valence-corrected chi connectivity index (χ2v) is 14.0. The van der Waals surface area contributed by atoms with E-state index in [4.69, 9.17) is 0 Å². The number of pyridine rings is 1. The molecular weight excluding hydrogens is 605 g/mol. The summed E-state index contributed by atoms with van der Waals surface area (Å²) in [6.07, 6.45) is 3.94. The van der Waals surface area contributed by atoms with Gasteiger partial charge in [-0.25, -0.2) is 0 Å². The summed E-state index contributed by atoms with van der Waals surface area (Å²) in [7, 11) is 0. The lowest BCUT2D eigenvalue weighted by molar-refractivity contribution is 0.660. The zero-order valence-corrected chi connectivity index (χ0v) is 28.1. The maximum atomic E-state index is 4.61. The molecule has 0 saturated carbocycles. The Morgan fingerprint density at radius 3 is 1.86 bits per heavy atom. The van der Waals surface area contributed by atoms with E-state index in [0.29, 0.717) is 0 Å². The number of aromatic nitrogens is 1. The van der Waals surface area contributed by atoms with Gasteiger partial charge in [0.05, 0.1) is 5.69 Å². The fraction of sp³-hybridized carbons (Fsp3) is 0.0625. The van der Waals surface area contributed by atoms with E-state index in [1.807, 2.05) is 12.4 Å². The molecular formula is C48H34N2. The van der Waals surface area contributed by atoms with Crippen molar-refractivity contribution in [2.24, 2.45) is 0 Å². The molecule has 0 radical (unpaired) electrons. The van der Waals surface area contributed by atoms with Gasteiger partial charge in [0, 0.05) is 40.1 Å².